The monoisotopic (exact) mass is 362 g/mol. The number of rotatable bonds is 14. The van der Waals surface area contributed by atoms with Gasteiger partial charge in [-0.2, -0.15) is 0 Å². The van der Waals surface area contributed by atoms with Crippen LogP contribution in [0.1, 0.15) is 98.8 Å². The molecule has 148 valence electrons. The third-order valence-electron chi connectivity index (χ3n) is 5.03. The van der Waals surface area contributed by atoms with E-state index < -0.39 is 13.2 Å². The number of hydrogen-bond donors (Lipinski definition) is 1. The zero-order valence-electron chi connectivity index (χ0n) is 17.6. The average Bonchev–Trinajstić information content (AvgIpc) is 2.57. The molecule has 0 saturated carbocycles. The Morgan fingerprint density at radius 2 is 1.08 bits per heavy atom. The van der Waals surface area contributed by atoms with Crippen molar-refractivity contribution in [3.05, 3.63) is 0 Å². The van der Waals surface area contributed by atoms with Crippen molar-refractivity contribution in [2.75, 3.05) is 25.2 Å². The molecule has 0 aliphatic heterocycles. The third-order valence-corrected chi connectivity index (χ3v) is 9.71. The number of aliphatic carboxylic acids is 1. The van der Waals surface area contributed by atoms with E-state index in [4.69, 9.17) is 5.11 Å². The molecule has 2 nitrogen and oxygen atoms in total. The summed E-state index contributed by atoms with van der Waals surface area (Å²) in [7, 11) is -0.812. The summed E-state index contributed by atoms with van der Waals surface area (Å²) >= 11 is 0. The maximum atomic E-state index is 10.5. The van der Waals surface area contributed by atoms with E-state index in [-0.39, 0.29) is 5.92 Å². The van der Waals surface area contributed by atoms with Gasteiger partial charge in [0.2, 0.25) is 0 Å². The SMILES string of the molecule is CCCC(CCC)C(=O)O.CCCC[PH](C)(CCCC)CCCC. The van der Waals surface area contributed by atoms with Gasteiger partial charge in [-0.3, -0.25) is 4.79 Å². The standard InChI is InChI=1S/C13H31P.C8H16O2/c1-5-8-11-14(4,12-9-6-2)13-10-7-3;1-3-5-7(6-4-2)8(9)10/h14H,5-13H2,1-4H3;7H,3-6H2,1-2H3,(H,9,10). The molecule has 0 fully saturated rings. The molecule has 0 aliphatic rings. The number of unbranched alkanes of at least 4 members (excludes halogenated alkanes) is 3. The summed E-state index contributed by atoms with van der Waals surface area (Å²) in [6.45, 7) is 13.7. The van der Waals surface area contributed by atoms with Gasteiger partial charge in [-0.1, -0.05) is 26.7 Å². The van der Waals surface area contributed by atoms with Gasteiger partial charge in [0.15, 0.2) is 0 Å². The molecule has 0 aliphatic carbocycles. The van der Waals surface area contributed by atoms with Crippen LogP contribution in [0.25, 0.3) is 0 Å². The molecular weight excluding hydrogens is 315 g/mol. The van der Waals surface area contributed by atoms with Crippen molar-refractivity contribution in [1.82, 2.24) is 0 Å². The second kappa shape index (κ2) is 17.7. The maximum absolute atomic E-state index is 10.5. The van der Waals surface area contributed by atoms with E-state index in [0.29, 0.717) is 0 Å². The van der Waals surface area contributed by atoms with Gasteiger partial charge >= 0.3 is 97.7 Å². The van der Waals surface area contributed by atoms with Crippen LogP contribution in [0, 0.1) is 5.92 Å². The minimum atomic E-state index is -0.812. The van der Waals surface area contributed by atoms with E-state index in [9.17, 15) is 4.79 Å². The van der Waals surface area contributed by atoms with Gasteiger partial charge in [-0.05, 0) is 12.8 Å². The summed E-state index contributed by atoms with van der Waals surface area (Å²) in [5.41, 5.74) is 0. The fourth-order valence-corrected chi connectivity index (χ4v) is 7.65. The van der Waals surface area contributed by atoms with Crippen molar-refractivity contribution in [2.24, 2.45) is 5.92 Å². The van der Waals surface area contributed by atoms with E-state index in [1.807, 2.05) is 13.8 Å². The Morgan fingerprint density at radius 3 is 1.29 bits per heavy atom. The average molecular weight is 363 g/mol. The number of hydrogen-bond acceptors (Lipinski definition) is 1. The molecule has 0 aromatic heterocycles. The predicted molar refractivity (Wildman–Crippen MR) is 115 cm³/mol. The van der Waals surface area contributed by atoms with Gasteiger partial charge in [0.25, 0.3) is 0 Å². The van der Waals surface area contributed by atoms with Crippen LogP contribution in [0.15, 0.2) is 0 Å². The Labute approximate surface area is 153 Å². The van der Waals surface area contributed by atoms with Gasteiger partial charge in [0.1, 0.15) is 0 Å². The molecular formula is C21H47O2P. The van der Waals surface area contributed by atoms with Crippen LogP contribution in [-0.4, -0.2) is 36.2 Å². The van der Waals surface area contributed by atoms with Gasteiger partial charge in [0.05, 0.1) is 5.92 Å². The summed E-state index contributed by atoms with van der Waals surface area (Å²) in [5, 5.41) is 8.64. The molecule has 3 heteroatoms. The number of carboxylic acids is 1. The van der Waals surface area contributed by atoms with Crippen LogP contribution in [-0.2, 0) is 4.79 Å². The third kappa shape index (κ3) is 15.4. The van der Waals surface area contributed by atoms with Crippen LogP contribution < -0.4 is 0 Å². The van der Waals surface area contributed by atoms with Crippen LogP contribution in [0.5, 0.6) is 0 Å². The second-order valence-corrected chi connectivity index (χ2v) is 12.9. The topological polar surface area (TPSA) is 37.3 Å². The molecule has 0 heterocycles. The van der Waals surface area contributed by atoms with E-state index in [2.05, 4.69) is 27.4 Å². The Kier molecular flexibility index (Phi) is 19.3. The van der Waals surface area contributed by atoms with Gasteiger partial charge < -0.3 is 5.11 Å². The van der Waals surface area contributed by atoms with Crippen LogP contribution >= 0.6 is 7.26 Å². The molecule has 0 spiro atoms. The first-order valence-electron chi connectivity index (χ1n) is 10.6. The van der Waals surface area contributed by atoms with Crippen LogP contribution in [0.3, 0.4) is 0 Å². The van der Waals surface area contributed by atoms with E-state index in [1.165, 1.54) is 38.5 Å². The molecule has 0 aromatic carbocycles. The van der Waals surface area contributed by atoms with E-state index in [0.717, 1.165) is 25.7 Å². The van der Waals surface area contributed by atoms with Crippen molar-refractivity contribution in [3.63, 3.8) is 0 Å². The zero-order valence-corrected chi connectivity index (χ0v) is 18.6. The molecule has 0 unspecified atom stereocenters. The summed E-state index contributed by atoms with van der Waals surface area (Å²) in [4.78, 5) is 10.5. The predicted octanol–water partition coefficient (Wildman–Crippen LogP) is 7.05. The Balaban J connectivity index is 0. The van der Waals surface area contributed by atoms with Gasteiger partial charge in [0, 0.05) is 0 Å². The Hall–Kier alpha value is -0.100. The first kappa shape index (κ1) is 26.1. The van der Waals surface area contributed by atoms with Crippen LogP contribution in [0.2, 0.25) is 0 Å². The molecule has 0 radical (unpaired) electrons. The minimum absolute atomic E-state index is 0.102. The van der Waals surface area contributed by atoms with E-state index in [1.54, 1.807) is 18.5 Å². The molecule has 24 heavy (non-hydrogen) atoms. The van der Waals surface area contributed by atoms with E-state index >= 15 is 0 Å². The fraction of sp³-hybridized carbons (Fsp3) is 0.952. The second-order valence-electron chi connectivity index (χ2n) is 7.73. The number of carbonyl (C=O) groups is 1. The Bertz CT molecular complexity index is 251. The summed E-state index contributed by atoms with van der Waals surface area (Å²) in [6, 6.07) is 0. The molecule has 0 atom stereocenters. The van der Waals surface area contributed by atoms with Crippen molar-refractivity contribution < 1.29 is 9.90 Å². The van der Waals surface area contributed by atoms with Crippen LogP contribution in [0.4, 0.5) is 0 Å². The number of carboxylic acid groups (broad SMARTS) is 1. The quantitative estimate of drug-likeness (QED) is 0.336. The van der Waals surface area contributed by atoms with Crippen molar-refractivity contribution in [2.45, 2.75) is 98.8 Å². The first-order chi connectivity index (χ1) is 11.4. The normalized spacial score (nSPS) is 12.0. The fourth-order valence-electron chi connectivity index (χ4n) is 3.27. The molecule has 0 amide bonds. The van der Waals surface area contributed by atoms with Gasteiger partial charge in [-0.15, -0.1) is 0 Å². The molecule has 0 bridgehead atoms. The summed E-state index contributed by atoms with van der Waals surface area (Å²) in [5.74, 6) is -0.737. The van der Waals surface area contributed by atoms with Crippen molar-refractivity contribution >= 4 is 13.2 Å². The Morgan fingerprint density at radius 1 is 0.750 bits per heavy atom. The van der Waals surface area contributed by atoms with Crippen molar-refractivity contribution in [1.29, 1.82) is 0 Å². The molecule has 0 saturated heterocycles. The summed E-state index contributed by atoms with van der Waals surface area (Å²) in [6.07, 6.45) is 17.0. The zero-order chi connectivity index (χ0) is 18.8. The summed E-state index contributed by atoms with van der Waals surface area (Å²) < 4.78 is 0. The molecule has 0 rings (SSSR count). The molecule has 0 aromatic rings. The molecule has 1 N–H and O–H groups in total. The first-order valence-corrected chi connectivity index (χ1v) is 13.8. The van der Waals surface area contributed by atoms with Gasteiger partial charge in [-0.25, -0.2) is 0 Å². The van der Waals surface area contributed by atoms with Crippen molar-refractivity contribution in [3.8, 4) is 0 Å².